The number of ether oxygens (including phenoxy) is 2. The molecule has 1 amide bonds. The van der Waals surface area contributed by atoms with Crippen LogP contribution < -0.4 is 14.9 Å². The summed E-state index contributed by atoms with van der Waals surface area (Å²) in [6, 6.07) is 23.4. The summed E-state index contributed by atoms with van der Waals surface area (Å²) in [5, 5.41) is 5.10. The van der Waals surface area contributed by atoms with Crippen LogP contribution in [0.5, 0.6) is 11.5 Å². The van der Waals surface area contributed by atoms with E-state index in [-0.39, 0.29) is 6.61 Å². The van der Waals surface area contributed by atoms with Gasteiger partial charge in [0.25, 0.3) is 5.91 Å². The smallest absolute Gasteiger partial charge is 0.355 e. The van der Waals surface area contributed by atoms with Crippen LogP contribution in [0.15, 0.2) is 84.0 Å². The number of nitrogens with one attached hydrogen (secondary N) is 1. The second kappa shape index (κ2) is 10.1. The third-order valence-electron chi connectivity index (χ3n) is 4.35. The molecular formula is C24H17ClN2O4S. The molecular weight excluding hydrogens is 448 g/mol. The van der Waals surface area contributed by atoms with Crippen molar-refractivity contribution < 1.29 is 19.1 Å². The molecule has 0 aliphatic carbocycles. The molecule has 0 spiro atoms. The first kappa shape index (κ1) is 21.5. The molecule has 1 heterocycles. The van der Waals surface area contributed by atoms with Crippen molar-refractivity contribution >= 4 is 51.1 Å². The molecule has 0 atom stereocenters. The molecule has 0 radical (unpaired) electrons. The van der Waals surface area contributed by atoms with Crippen LogP contribution in [0.1, 0.15) is 15.2 Å². The molecule has 6 nitrogen and oxygen atoms in total. The van der Waals surface area contributed by atoms with Crippen LogP contribution in [0.25, 0.3) is 10.1 Å². The Morgan fingerprint density at radius 1 is 0.969 bits per heavy atom. The number of fused-ring (bicyclic) bond motifs is 1. The molecule has 4 aromatic rings. The van der Waals surface area contributed by atoms with Gasteiger partial charge in [0.2, 0.25) is 0 Å². The van der Waals surface area contributed by atoms with Crippen molar-refractivity contribution in [2.75, 3.05) is 6.61 Å². The van der Waals surface area contributed by atoms with Gasteiger partial charge in [-0.15, -0.1) is 11.3 Å². The molecule has 1 aromatic heterocycles. The van der Waals surface area contributed by atoms with Crippen molar-refractivity contribution in [1.29, 1.82) is 0 Å². The maximum absolute atomic E-state index is 12.7. The van der Waals surface area contributed by atoms with Crippen molar-refractivity contribution in [2.24, 2.45) is 5.10 Å². The van der Waals surface area contributed by atoms with E-state index in [1.165, 1.54) is 17.6 Å². The van der Waals surface area contributed by atoms with Gasteiger partial charge in [0, 0.05) is 15.6 Å². The lowest BCUT2D eigenvalue weighted by atomic mass is 10.2. The second-order valence-electron chi connectivity index (χ2n) is 6.56. The maximum atomic E-state index is 12.7. The number of hydrazone groups is 1. The lowest BCUT2D eigenvalue weighted by Gasteiger charge is -2.07. The molecule has 0 bridgehead atoms. The van der Waals surface area contributed by atoms with Gasteiger partial charge in [-0.25, -0.2) is 10.2 Å². The number of benzene rings is 3. The quantitative estimate of drug-likeness (QED) is 0.174. The van der Waals surface area contributed by atoms with Crippen molar-refractivity contribution in [2.45, 2.75) is 0 Å². The van der Waals surface area contributed by atoms with Gasteiger partial charge in [0.05, 0.1) is 11.2 Å². The number of para-hydroxylation sites is 2. The highest BCUT2D eigenvalue weighted by molar-refractivity contribution is 7.21. The molecule has 0 saturated carbocycles. The fraction of sp³-hybridized carbons (Fsp3) is 0.0417. The van der Waals surface area contributed by atoms with Gasteiger partial charge in [0.1, 0.15) is 16.4 Å². The minimum absolute atomic E-state index is 0.178. The zero-order valence-electron chi connectivity index (χ0n) is 16.7. The van der Waals surface area contributed by atoms with Gasteiger partial charge in [-0.3, -0.25) is 4.79 Å². The number of amides is 1. The average molecular weight is 465 g/mol. The Morgan fingerprint density at radius 3 is 2.50 bits per heavy atom. The van der Waals surface area contributed by atoms with Gasteiger partial charge in [-0.2, -0.15) is 5.10 Å². The summed E-state index contributed by atoms with van der Waals surface area (Å²) in [6.45, 7) is -0.178. The van der Waals surface area contributed by atoms with Crippen LogP contribution in [-0.4, -0.2) is 24.7 Å². The van der Waals surface area contributed by atoms with Gasteiger partial charge in [-0.05, 0) is 30.3 Å². The predicted molar refractivity (Wildman–Crippen MR) is 126 cm³/mol. The summed E-state index contributed by atoms with van der Waals surface area (Å²) in [6.07, 6.45) is 1.40. The summed E-state index contributed by atoms with van der Waals surface area (Å²) in [4.78, 5) is 25.0. The molecule has 0 aliphatic heterocycles. The van der Waals surface area contributed by atoms with Crippen LogP contribution in [0.2, 0.25) is 5.02 Å². The van der Waals surface area contributed by atoms with Gasteiger partial charge in [0.15, 0.2) is 6.61 Å². The zero-order valence-corrected chi connectivity index (χ0v) is 18.2. The lowest BCUT2D eigenvalue weighted by molar-refractivity contribution is -0.123. The molecule has 4 rings (SSSR count). The van der Waals surface area contributed by atoms with E-state index in [1.807, 2.05) is 42.5 Å². The average Bonchev–Trinajstić information content (AvgIpc) is 3.16. The maximum Gasteiger partial charge on any atom is 0.355 e. The standard InChI is InChI=1S/C24H17ClN2O4S/c25-22-18-11-5-7-13-20(18)32-23(22)24(29)31-19-12-6-4-8-16(19)14-26-27-21(28)15-30-17-9-2-1-3-10-17/h1-14H,15H2,(H,27,28)/b26-14-. The van der Waals surface area contributed by atoms with E-state index < -0.39 is 11.9 Å². The third-order valence-corrected chi connectivity index (χ3v) is 6.00. The van der Waals surface area contributed by atoms with E-state index in [1.54, 1.807) is 36.4 Å². The van der Waals surface area contributed by atoms with Crippen LogP contribution in [0.3, 0.4) is 0 Å². The monoisotopic (exact) mass is 464 g/mol. The van der Waals surface area contributed by atoms with E-state index in [4.69, 9.17) is 21.1 Å². The number of rotatable bonds is 7. The molecule has 0 aliphatic rings. The summed E-state index contributed by atoms with van der Waals surface area (Å²) in [5.74, 6) is -0.0951. The van der Waals surface area contributed by atoms with Crippen molar-refractivity contribution in [1.82, 2.24) is 5.43 Å². The highest BCUT2D eigenvalue weighted by atomic mass is 35.5. The largest absolute Gasteiger partial charge is 0.484 e. The second-order valence-corrected chi connectivity index (χ2v) is 7.99. The van der Waals surface area contributed by atoms with Crippen LogP contribution >= 0.6 is 22.9 Å². The van der Waals surface area contributed by atoms with E-state index >= 15 is 0 Å². The number of carbonyl (C=O) groups is 2. The first-order chi connectivity index (χ1) is 15.6. The Bertz CT molecular complexity index is 1290. The van der Waals surface area contributed by atoms with E-state index in [0.717, 1.165) is 10.1 Å². The molecule has 32 heavy (non-hydrogen) atoms. The van der Waals surface area contributed by atoms with Gasteiger partial charge < -0.3 is 9.47 Å². The number of hydrogen-bond acceptors (Lipinski definition) is 6. The van der Waals surface area contributed by atoms with Crippen molar-refractivity contribution in [3.8, 4) is 11.5 Å². The van der Waals surface area contributed by atoms with Gasteiger partial charge >= 0.3 is 5.97 Å². The summed E-state index contributed by atoms with van der Waals surface area (Å²) < 4.78 is 11.8. The van der Waals surface area contributed by atoms with E-state index in [9.17, 15) is 9.59 Å². The number of halogens is 1. The van der Waals surface area contributed by atoms with Crippen molar-refractivity contribution in [3.05, 3.63) is 94.3 Å². The number of nitrogens with zero attached hydrogens (tertiary/aromatic N) is 1. The lowest BCUT2D eigenvalue weighted by Crippen LogP contribution is -2.24. The zero-order chi connectivity index (χ0) is 22.3. The first-order valence-electron chi connectivity index (χ1n) is 9.60. The van der Waals surface area contributed by atoms with Crippen LogP contribution in [0.4, 0.5) is 0 Å². The molecule has 0 saturated heterocycles. The Hall–Kier alpha value is -3.68. The van der Waals surface area contributed by atoms with Crippen LogP contribution in [-0.2, 0) is 4.79 Å². The minimum atomic E-state index is -0.558. The first-order valence-corrected chi connectivity index (χ1v) is 10.8. The molecule has 1 N–H and O–H groups in total. The number of esters is 1. The fourth-order valence-corrected chi connectivity index (χ4v) is 4.23. The van der Waals surface area contributed by atoms with Crippen LogP contribution in [0, 0.1) is 0 Å². The normalized spacial score (nSPS) is 10.9. The predicted octanol–water partition coefficient (Wildman–Crippen LogP) is 5.30. The molecule has 0 unspecified atom stereocenters. The Labute approximate surface area is 193 Å². The Kier molecular flexibility index (Phi) is 6.79. The summed E-state index contributed by atoms with van der Waals surface area (Å²) in [7, 11) is 0. The number of thiophene rings is 1. The number of hydrogen-bond donors (Lipinski definition) is 1. The SMILES string of the molecule is O=C(COc1ccccc1)N/N=C\c1ccccc1OC(=O)c1sc2ccccc2c1Cl. The Morgan fingerprint density at radius 2 is 1.69 bits per heavy atom. The summed E-state index contributed by atoms with van der Waals surface area (Å²) in [5.41, 5.74) is 2.90. The Balaban J connectivity index is 1.40. The highest BCUT2D eigenvalue weighted by Crippen LogP contribution is 2.35. The third kappa shape index (κ3) is 5.14. The van der Waals surface area contributed by atoms with Gasteiger partial charge in [-0.1, -0.05) is 60.1 Å². The fourth-order valence-electron chi connectivity index (χ4n) is 2.84. The van der Waals surface area contributed by atoms with E-state index in [2.05, 4.69) is 10.5 Å². The molecule has 0 fully saturated rings. The van der Waals surface area contributed by atoms with E-state index in [0.29, 0.717) is 27.0 Å². The summed E-state index contributed by atoms with van der Waals surface area (Å²) >= 11 is 7.65. The topological polar surface area (TPSA) is 77.0 Å². The number of carbonyl (C=O) groups excluding carboxylic acids is 2. The minimum Gasteiger partial charge on any atom is -0.484 e. The molecule has 160 valence electrons. The molecule has 8 heteroatoms. The van der Waals surface area contributed by atoms with Crippen molar-refractivity contribution in [3.63, 3.8) is 0 Å². The molecule has 3 aromatic carbocycles. The highest BCUT2D eigenvalue weighted by Gasteiger charge is 2.19.